The number of nitrogens with one attached hydrogen (secondary N) is 1. The van der Waals surface area contributed by atoms with Crippen molar-refractivity contribution in [3.63, 3.8) is 0 Å². The van der Waals surface area contributed by atoms with Gasteiger partial charge in [-0.3, -0.25) is 14.0 Å². The second-order valence-corrected chi connectivity index (χ2v) is 10.9. The van der Waals surface area contributed by atoms with Crippen molar-refractivity contribution in [2.75, 3.05) is 57.4 Å². The van der Waals surface area contributed by atoms with Gasteiger partial charge in [0.15, 0.2) is 0 Å². The SMILES string of the molecule is Cc1ccc(N(C)S(=O)(=O)c2cccc(C(=O)NCC(C3CCOC3)N3CCOCC3)c2)cc1. The van der Waals surface area contributed by atoms with Gasteiger partial charge in [-0.2, -0.15) is 0 Å². The van der Waals surface area contributed by atoms with E-state index in [1.165, 1.54) is 23.5 Å². The second-order valence-electron chi connectivity index (χ2n) is 8.89. The van der Waals surface area contributed by atoms with Gasteiger partial charge in [-0.15, -0.1) is 0 Å². The van der Waals surface area contributed by atoms with E-state index < -0.39 is 10.0 Å². The molecule has 0 saturated carbocycles. The van der Waals surface area contributed by atoms with E-state index in [-0.39, 0.29) is 16.8 Å². The highest BCUT2D eigenvalue weighted by Gasteiger charge is 2.32. The summed E-state index contributed by atoms with van der Waals surface area (Å²) in [5, 5.41) is 3.03. The highest BCUT2D eigenvalue weighted by Crippen LogP contribution is 2.24. The maximum Gasteiger partial charge on any atom is 0.264 e. The Morgan fingerprint density at radius 2 is 1.85 bits per heavy atom. The first-order valence-electron chi connectivity index (χ1n) is 11.7. The molecule has 2 fully saturated rings. The van der Waals surface area contributed by atoms with E-state index in [1.54, 1.807) is 24.3 Å². The summed E-state index contributed by atoms with van der Waals surface area (Å²) < 4.78 is 38.7. The molecule has 184 valence electrons. The summed E-state index contributed by atoms with van der Waals surface area (Å²) in [5.74, 6) is 0.0699. The molecule has 34 heavy (non-hydrogen) atoms. The van der Waals surface area contributed by atoms with E-state index in [9.17, 15) is 13.2 Å². The number of sulfonamides is 1. The number of aryl methyl sites for hydroxylation is 1. The number of carbonyl (C=O) groups is 1. The molecule has 1 amide bonds. The summed E-state index contributed by atoms with van der Waals surface area (Å²) in [6, 6.07) is 13.6. The quantitative estimate of drug-likeness (QED) is 0.615. The fourth-order valence-electron chi connectivity index (χ4n) is 4.51. The van der Waals surface area contributed by atoms with E-state index in [4.69, 9.17) is 9.47 Å². The molecule has 2 heterocycles. The first-order chi connectivity index (χ1) is 16.4. The highest BCUT2D eigenvalue weighted by atomic mass is 32.2. The Balaban J connectivity index is 1.46. The number of morpholine rings is 1. The lowest BCUT2D eigenvalue weighted by atomic mass is 9.96. The van der Waals surface area contributed by atoms with Crippen LogP contribution in [0.15, 0.2) is 53.4 Å². The summed E-state index contributed by atoms with van der Waals surface area (Å²) in [6.45, 7) is 6.90. The molecular weight excluding hydrogens is 454 g/mol. The lowest BCUT2D eigenvalue weighted by Gasteiger charge is -2.37. The highest BCUT2D eigenvalue weighted by molar-refractivity contribution is 7.92. The number of carbonyl (C=O) groups excluding carboxylic acids is 1. The van der Waals surface area contributed by atoms with Gasteiger partial charge in [-0.25, -0.2) is 8.42 Å². The number of hydrogen-bond acceptors (Lipinski definition) is 6. The standard InChI is InChI=1S/C25H33N3O5S/c1-19-6-8-22(9-7-19)27(2)34(30,31)23-5-3-4-20(16-23)25(29)26-17-24(21-10-13-33-18-21)28-11-14-32-15-12-28/h3-9,16,21,24H,10-15,17-18H2,1-2H3,(H,26,29). The van der Waals surface area contributed by atoms with Crippen LogP contribution in [-0.2, 0) is 19.5 Å². The van der Waals surface area contributed by atoms with Crippen LogP contribution in [0.4, 0.5) is 5.69 Å². The summed E-state index contributed by atoms with van der Waals surface area (Å²) >= 11 is 0. The van der Waals surface area contributed by atoms with E-state index >= 15 is 0 Å². The molecule has 2 aliphatic heterocycles. The predicted molar refractivity (Wildman–Crippen MR) is 131 cm³/mol. The lowest BCUT2D eigenvalue weighted by Crippen LogP contribution is -2.52. The van der Waals surface area contributed by atoms with Crippen LogP contribution in [0.1, 0.15) is 22.3 Å². The molecule has 0 aromatic heterocycles. The van der Waals surface area contributed by atoms with Crippen molar-refractivity contribution in [3.05, 3.63) is 59.7 Å². The first kappa shape index (κ1) is 24.7. The lowest BCUT2D eigenvalue weighted by molar-refractivity contribution is 0.00166. The van der Waals surface area contributed by atoms with Crippen LogP contribution in [0, 0.1) is 12.8 Å². The van der Waals surface area contributed by atoms with Crippen LogP contribution in [0.25, 0.3) is 0 Å². The zero-order valence-corrected chi connectivity index (χ0v) is 20.6. The van der Waals surface area contributed by atoms with Crippen molar-refractivity contribution in [3.8, 4) is 0 Å². The number of amides is 1. The third kappa shape index (κ3) is 5.60. The van der Waals surface area contributed by atoms with E-state index in [2.05, 4.69) is 10.2 Å². The Labute approximate surface area is 201 Å². The van der Waals surface area contributed by atoms with Gasteiger partial charge < -0.3 is 14.8 Å². The van der Waals surface area contributed by atoms with Crippen molar-refractivity contribution in [1.29, 1.82) is 0 Å². The molecule has 0 aliphatic carbocycles. The van der Waals surface area contributed by atoms with E-state index in [0.717, 1.165) is 31.7 Å². The summed E-state index contributed by atoms with van der Waals surface area (Å²) in [4.78, 5) is 15.5. The van der Waals surface area contributed by atoms with Gasteiger partial charge in [0, 0.05) is 50.8 Å². The van der Waals surface area contributed by atoms with Crippen LogP contribution in [-0.4, -0.2) is 78.4 Å². The van der Waals surface area contributed by atoms with Gasteiger partial charge >= 0.3 is 0 Å². The fourth-order valence-corrected chi connectivity index (χ4v) is 5.75. The zero-order valence-electron chi connectivity index (χ0n) is 19.8. The van der Waals surface area contributed by atoms with Gasteiger partial charge in [0.25, 0.3) is 15.9 Å². The molecule has 2 aliphatic rings. The minimum absolute atomic E-state index is 0.0807. The molecule has 2 saturated heterocycles. The summed E-state index contributed by atoms with van der Waals surface area (Å²) in [5.41, 5.74) is 1.93. The number of rotatable bonds is 8. The van der Waals surface area contributed by atoms with Crippen molar-refractivity contribution >= 4 is 21.6 Å². The van der Waals surface area contributed by atoms with Crippen molar-refractivity contribution in [2.24, 2.45) is 5.92 Å². The summed E-state index contributed by atoms with van der Waals surface area (Å²) in [7, 11) is -2.29. The van der Waals surface area contributed by atoms with Crippen molar-refractivity contribution in [2.45, 2.75) is 24.3 Å². The van der Waals surface area contributed by atoms with Gasteiger partial charge in [0.05, 0.1) is 30.4 Å². The maximum atomic E-state index is 13.2. The normalized spacial score (nSPS) is 20.1. The minimum Gasteiger partial charge on any atom is -0.381 e. The first-order valence-corrected chi connectivity index (χ1v) is 13.1. The third-order valence-corrected chi connectivity index (χ3v) is 8.43. The van der Waals surface area contributed by atoms with Crippen molar-refractivity contribution in [1.82, 2.24) is 10.2 Å². The molecule has 2 aromatic carbocycles. The third-order valence-electron chi connectivity index (χ3n) is 6.65. The average Bonchev–Trinajstić information content (AvgIpc) is 3.39. The van der Waals surface area contributed by atoms with Crippen LogP contribution >= 0.6 is 0 Å². The van der Waals surface area contributed by atoms with Crippen LogP contribution in [0.5, 0.6) is 0 Å². The number of nitrogens with zero attached hydrogens (tertiary/aromatic N) is 2. The number of hydrogen-bond donors (Lipinski definition) is 1. The topological polar surface area (TPSA) is 88.2 Å². The van der Waals surface area contributed by atoms with Gasteiger partial charge in [-0.1, -0.05) is 23.8 Å². The molecule has 1 N–H and O–H groups in total. The Morgan fingerprint density at radius 3 is 2.53 bits per heavy atom. The maximum absolute atomic E-state index is 13.2. The second kappa shape index (κ2) is 10.9. The predicted octanol–water partition coefficient (Wildman–Crippen LogP) is 2.29. The Morgan fingerprint density at radius 1 is 1.12 bits per heavy atom. The molecule has 2 atom stereocenters. The van der Waals surface area contributed by atoms with Crippen LogP contribution in [0.2, 0.25) is 0 Å². The largest absolute Gasteiger partial charge is 0.381 e. The average molecular weight is 488 g/mol. The molecule has 0 spiro atoms. The van der Waals surface area contributed by atoms with Crippen molar-refractivity contribution < 1.29 is 22.7 Å². The van der Waals surface area contributed by atoms with Crippen LogP contribution < -0.4 is 9.62 Å². The monoisotopic (exact) mass is 487 g/mol. The fraction of sp³-hybridized carbons (Fsp3) is 0.480. The number of ether oxygens (including phenoxy) is 2. The number of anilines is 1. The van der Waals surface area contributed by atoms with E-state index in [0.29, 0.717) is 43.5 Å². The van der Waals surface area contributed by atoms with Crippen LogP contribution in [0.3, 0.4) is 0 Å². The zero-order chi connectivity index (χ0) is 24.1. The summed E-state index contributed by atoms with van der Waals surface area (Å²) in [6.07, 6.45) is 0.969. The molecule has 2 unspecified atom stereocenters. The molecule has 0 bridgehead atoms. The molecule has 0 radical (unpaired) electrons. The Bertz CT molecular complexity index is 1080. The smallest absolute Gasteiger partial charge is 0.264 e. The molecule has 4 rings (SSSR count). The number of benzene rings is 2. The molecule has 8 nitrogen and oxygen atoms in total. The molecule has 9 heteroatoms. The van der Waals surface area contributed by atoms with Gasteiger partial charge in [0.1, 0.15) is 0 Å². The molecular formula is C25H33N3O5S. The van der Waals surface area contributed by atoms with Gasteiger partial charge in [0.2, 0.25) is 0 Å². The van der Waals surface area contributed by atoms with Gasteiger partial charge in [-0.05, 0) is 43.7 Å². The van der Waals surface area contributed by atoms with E-state index in [1.807, 2.05) is 19.1 Å². The Kier molecular flexibility index (Phi) is 7.88. The Hall–Kier alpha value is -2.46. The molecule has 2 aromatic rings. The minimum atomic E-state index is -3.81.